The molecule has 4 nitrogen and oxygen atoms in total. The van der Waals surface area contributed by atoms with Gasteiger partial charge in [-0.25, -0.2) is 0 Å². The molecule has 0 unspecified atom stereocenters. The minimum absolute atomic E-state index is 0.141. The Morgan fingerprint density at radius 2 is 1.67 bits per heavy atom. The molecule has 0 bridgehead atoms. The maximum absolute atomic E-state index is 12.7. The van der Waals surface area contributed by atoms with Gasteiger partial charge in [0.2, 0.25) is 0 Å². The number of hydrogen-bond acceptors (Lipinski definition) is 4. The predicted octanol–water partition coefficient (Wildman–Crippen LogP) is 1.08. The van der Waals surface area contributed by atoms with E-state index in [1.54, 1.807) is 0 Å². The van der Waals surface area contributed by atoms with E-state index in [4.69, 9.17) is 15.9 Å². The van der Waals surface area contributed by atoms with Gasteiger partial charge < -0.3 is 20.8 Å². The summed E-state index contributed by atoms with van der Waals surface area (Å²) >= 11 is 0. The minimum Gasteiger partial charge on any atom is -0.398 e. The second kappa shape index (κ2) is 5.92. The van der Waals surface area contributed by atoms with Crippen molar-refractivity contribution in [3.8, 4) is 0 Å². The molecule has 7 heteroatoms. The second-order valence-electron chi connectivity index (χ2n) is 3.70. The van der Waals surface area contributed by atoms with Crippen LogP contribution in [0, 0.1) is 0 Å². The summed E-state index contributed by atoms with van der Waals surface area (Å²) in [6.45, 7) is -0.152. The normalized spacial score (nSPS) is 11.6. The molecular weight excluding hydrogens is 249 g/mol. The lowest BCUT2D eigenvalue weighted by Gasteiger charge is -2.24. The Bertz CT molecular complexity index is 390. The van der Waals surface area contributed by atoms with Crippen molar-refractivity contribution in [3.63, 3.8) is 0 Å². The molecule has 1 rings (SSSR count). The summed E-state index contributed by atoms with van der Waals surface area (Å²) < 4.78 is 38.0. The van der Waals surface area contributed by atoms with Gasteiger partial charge in [0, 0.05) is 24.5 Å². The average Bonchev–Trinajstić information content (AvgIpc) is 2.28. The standard InChI is InChI=1S/C11H15F3N2O2/c12-11(13,14)9-7-8(1-2-10(9)15)16(3-5-17)4-6-18/h1-2,7,17-18H,3-6,15H2. The molecule has 0 aromatic heterocycles. The molecule has 0 aliphatic rings. The molecule has 102 valence electrons. The van der Waals surface area contributed by atoms with E-state index in [1.807, 2.05) is 0 Å². The van der Waals surface area contributed by atoms with Crippen LogP contribution >= 0.6 is 0 Å². The van der Waals surface area contributed by atoms with E-state index < -0.39 is 11.7 Å². The lowest BCUT2D eigenvalue weighted by Crippen LogP contribution is -2.30. The Kier molecular flexibility index (Phi) is 4.80. The highest BCUT2D eigenvalue weighted by atomic mass is 19.4. The van der Waals surface area contributed by atoms with Gasteiger partial charge in [0.1, 0.15) is 0 Å². The van der Waals surface area contributed by atoms with Crippen molar-refractivity contribution in [1.82, 2.24) is 0 Å². The number of hydrogen-bond donors (Lipinski definition) is 3. The molecule has 18 heavy (non-hydrogen) atoms. The number of nitrogen functional groups attached to an aromatic ring is 1. The van der Waals surface area contributed by atoms with Crippen LogP contribution in [0.3, 0.4) is 0 Å². The molecule has 0 heterocycles. The van der Waals surface area contributed by atoms with Crippen molar-refractivity contribution in [2.45, 2.75) is 6.18 Å². The van der Waals surface area contributed by atoms with E-state index >= 15 is 0 Å². The molecule has 1 aromatic rings. The first-order chi connectivity index (χ1) is 8.40. The lowest BCUT2D eigenvalue weighted by molar-refractivity contribution is -0.136. The monoisotopic (exact) mass is 264 g/mol. The lowest BCUT2D eigenvalue weighted by atomic mass is 10.1. The smallest absolute Gasteiger partial charge is 0.398 e. The van der Waals surface area contributed by atoms with Gasteiger partial charge in [-0.05, 0) is 18.2 Å². The summed E-state index contributed by atoms with van der Waals surface area (Å²) in [5.74, 6) is 0. The fourth-order valence-corrected chi connectivity index (χ4v) is 1.60. The van der Waals surface area contributed by atoms with Crippen LogP contribution in [0.15, 0.2) is 18.2 Å². The van der Waals surface area contributed by atoms with Crippen molar-refractivity contribution >= 4 is 11.4 Å². The number of alkyl halides is 3. The molecule has 0 saturated heterocycles. The second-order valence-corrected chi connectivity index (χ2v) is 3.70. The molecule has 0 spiro atoms. The zero-order chi connectivity index (χ0) is 13.8. The van der Waals surface area contributed by atoms with Gasteiger partial charge in [-0.1, -0.05) is 0 Å². The Balaban J connectivity index is 3.09. The summed E-state index contributed by atoms with van der Waals surface area (Å²) in [5.41, 5.74) is 4.29. The van der Waals surface area contributed by atoms with Crippen LogP contribution in [0.2, 0.25) is 0 Å². The van der Waals surface area contributed by atoms with E-state index in [9.17, 15) is 13.2 Å². The first-order valence-corrected chi connectivity index (χ1v) is 5.33. The minimum atomic E-state index is -4.52. The maximum Gasteiger partial charge on any atom is 0.418 e. The van der Waals surface area contributed by atoms with Crippen molar-refractivity contribution in [2.75, 3.05) is 36.9 Å². The number of anilines is 2. The third-order valence-corrected chi connectivity index (χ3v) is 2.45. The predicted molar refractivity (Wildman–Crippen MR) is 62.2 cm³/mol. The number of aliphatic hydroxyl groups excluding tert-OH is 2. The first kappa shape index (κ1) is 14.6. The zero-order valence-corrected chi connectivity index (χ0v) is 9.61. The molecule has 0 aliphatic heterocycles. The van der Waals surface area contributed by atoms with Gasteiger partial charge in [-0.2, -0.15) is 13.2 Å². The van der Waals surface area contributed by atoms with Crippen LogP contribution < -0.4 is 10.6 Å². The summed E-state index contributed by atoms with van der Waals surface area (Å²) in [5, 5.41) is 17.7. The molecule has 0 amide bonds. The Morgan fingerprint density at radius 1 is 1.11 bits per heavy atom. The van der Waals surface area contributed by atoms with Crippen molar-refractivity contribution in [1.29, 1.82) is 0 Å². The SMILES string of the molecule is Nc1ccc(N(CCO)CCO)cc1C(F)(F)F. The van der Waals surface area contributed by atoms with E-state index in [1.165, 1.54) is 17.0 Å². The van der Waals surface area contributed by atoms with Crippen molar-refractivity contribution in [2.24, 2.45) is 0 Å². The first-order valence-electron chi connectivity index (χ1n) is 5.33. The Hall–Kier alpha value is -1.47. The van der Waals surface area contributed by atoms with Gasteiger partial charge in [0.25, 0.3) is 0 Å². The summed E-state index contributed by atoms with van der Waals surface area (Å²) in [6, 6.07) is 3.51. The molecule has 0 atom stereocenters. The number of rotatable bonds is 5. The molecule has 0 fully saturated rings. The van der Waals surface area contributed by atoms with Crippen molar-refractivity contribution < 1.29 is 23.4 Å². The number of benzene rings is 1. The molecule has 0 radical (unpaired) electrons. The fourth-order valence-electron chi connectivity index (χ4n) is 1.60. The van der Waals surface area contributed by atoms with Crippen LogP contribution in [0.25, 0.3) is 0 Å². The Labute approximate surface area is 102 Å². The van der Waals surface area contributed by atoms with Gasteiger partial charge in [0.15, 0.2) is 0 Å². The molecular formula is C11H15F3N2O2. The quantitative estimate of drug-likeness (QED) is 0.696. The highest BCUT2D eigenvalue weighted by molar-refractivity contribution is 5.59. The Morgan fingerprint density at radius 3 is 2.11 bits per heavy atom. The van der Waals surface area contributed by atoms with E-state index in [-0.39, 0.29) is 37.7 Å². The number of aliphatic hydroxyl groups is 2. The van der Waals surface area contributed by atoms with Gasteiger partial charge in [-0.3, -0.25) is 0 Å². The highest BCUT2D eigenvalue weighted by Gasteiger charge is 2.33. The van der Waals surface area contributed by atoms with Crippen LogP contribution in [0.4, 0.5) is 24.5 Å². The van der Waals surface area contributed by atoms with Crippen LogP contribution in [0.1, 0.15) is 5.56 Å². The van der Waals surface area contributed by atoms with Crippen molar-refractivity contribution in [3.05, 3.63) is 23.8 Å². The summed E-state index contributed by atoms with van der Waals surface area (Å²) in [7, 11) is 0. The highest BCUT2D eigenvalue weighted by Crippen LogP contribution is 2.35. The maximum atomic E-state index is 12.7. The summed E-state index contributed by atoms with van der Waals surface area (Å²) in [4.78, 5) is 1.45. The average molecular weight is 264 g/mol. The van der Waals surface area contributed by atoms with Gasteiger partial charge in [-0.15, -0.1) is 0 Å². The summed E-state index contributed by atoms with van der Waals surface area (Å²) in [6.07, 6.45) is -4.52. The van der Waals surface area contributed by atoms with Crippen LogP contribution in [0.5, 0.6) is 0 Å². The molecule has 4 N–H and O–H groups in total. The van der Waals surface area contributed by atoms with Gasteiger partial charge >= 0.3 is 6.18 Å². The number of nitrogens with two attached hydrogens (primary N) is 1. The van der Waals surface area contributed by atoms with Crippen LogP contribution in [-0.2, 0) is 6.18 Å². The van der Waals surface area contributed by atoms with E-state index in [2.05, 4.69) is 0 Å². The van der Waals surface area contributed by atoms with E-state index in [0.29, 0.717) is 0 Å². The molecule has 1 aromatic carbocycles. The zero-order valence-electron chi connectivity index (χ0n) is 9.61. The third-order valence-electron chi connectivity index (χ3n) is 2.45. The topological polar surface area (TPSA) is 69.7 Å². The molecule has 0 saturated carbocycles. The number of nitrogens with zero attached hydrogens (tertiary/aromatic N) is 1. The van der Waals surface area contributed by atoms with Crippen LogP contribution in [-0.4, -0.2) is 36.5 Å². The van der Waals surface area contributed by atoms with E-state index in [0.717, 1.165) is 6.07 Å². The third kappa shape index (κ3) is 3.51. The molecule has 0 aliphatic carbocycles. The fraction of sp³-hybridized carbons (Fsp3) is 0.455. The van der Waals surface area contributed by atoms with Gasteiger partial charge in [0.05, 0.1) is 18.8 Å². The number of halogens is 3. The largest absolute Gasteiger partial charge is 0.418 e.